The van der Waals surface area contributed by atoms with Crippen LogP contribution in [-0.2, 0) is 15.3 Å². The largest absolute Gasteiger partial charge is 0.494 e. The molecule has 3 aromatic rings. The second-order valence-electron chi connectivity index (χ2n) is 7.87. The van der Waals surface area contributed by atoms with Crippen LogP contribution < -0.4 is 10.1 Å². The highest BCUT2D eigenvalue weighted by Gasteiger charge is 2.35. The van der Waals surface area contributed by atoms with Gasteiger partial charge in [-0.25, -0.2) is 13.9 Å². The lowest BCUT2D eigenvalue weighted by Gasteiger charge is -2.27. The van der Waals surface area contributed by atoms with Crippen molar-refractivity contribution >= 4 is 23.7 Å². The van der Waals surface area contributed by atoms with Gasteiger partial charge in [-0.15, -0.1) is 5.10 Å². The Hall–Kier alpha value is -3.33. The summed E-state index contributed by atoms with van der Waals surface area (Å²) in [7, 11) is 1.36. The zero-order chi connectivity index (χ0) is 24.1. The second kappa shape index (κ2) is 10.7. The van der Waals surface area contributed by atoms with Crippen molar-refractivity contribution < 1.29 is 18.7 Å². The second-order valence-corrected chi connectivity index (χ2v) is 8.81. The van der Waals surface area contributed by atoms with Gasteiger partial charge in [0.1, 0.15) is 17.6 Å². The molecule has 0 saturated heterocycles. The van der Waals surface area contributed by atoms with Crippen molar-refractivity contribution in [3.05, 3.63) is 76.7 Å². The molecule has 34 heavy (non-hydrogen) atoms. The highest BCUT2D eigenvalue weighted by molar-refractivity contribution is 7.98. The number of hydrogen-bond donors (Lipinski definition) is 1. The first-order chi connectivity index (χ1) is 16.5. The van der Waals surface area contributed by atoms with Crippen LogP contribution in [0.15, 0.2) is 65.0 Å². The van der Waals surface area contributed by atoms with Gasteiger partial charge in [-0.1, -0.05) is 55.4 Å². The SMILES string of the molecule is CCCCOc1ccc(C2C(C(=O)OC)=C(C)Nc3nc(SCc4ccccc4F)nn32)cc1. The number of unbranched alkanes of at least 4 members (excludes halogenated alkanes) is 1. The van der Waals surface area contributed by atoms with E-state index < -0.39 is 12.0 Å². The molecule has 0 saturated carbocycles. The van der Waals surface area contributed by atoms with Gasteiger partial charge >= 0.3 is 5.97 Å². The number of anilines is 1. The molecule has 1 aliphatic heterocycles. The molecule has 1 aliphatic rings. The highest BCUT2D eigenvalue weighted by Crippen LogP contribution is 2.37. The molecule has 0 aliphatic carbocycles. The molecule has 0 amide bonds. The van der Waals surface area contributed by atoms with Crippen LogP contribution in [0, 0.1) is 5.82 Å². The predicted octanol–water partition coefficient (Wildman–Crippen LogP) is 5.35. The summed E-state index contributed by atoms with van der Waals surface area (Å²) in [5, 5.41) is 8.29. The Balaban J connectivity index is 1.63. The van der Waals surface area contributed by atoms with Crippen molar-refractivity contribution in [1.82, 2.24) is 14.8 Å². The van der Waals surface area contributed by atoms with Crippen LogP contribution in [0.3, 0.4) is 0 Å². The van der Waals surface area contributed by atoms with E-state index in [0.717, 1.165) is 24.2 Å². The molecular formula is C25H27FN4O3S. The van der Waals surface area contributed by atoms with Crippen LogP contribution in [0.25, 0.3) is 0 Å². The number of nitrogens with one attached hydrogen (secondary N) is 1. The number of rotatable bonds is 9. The minimum atomic E-state index is -0.524. The normalized spacial score (nSPS) is 15.0. The maximum atomic E-state index is 14.0. The van der Waals surface area contributed by atoms with Crippen molar-refractivity contribution in [2.24, 2.45) is 0 Å². The molecule has 0 radical (unpaired) electrons. The van der Waals surface area contributed by atoms with Crippen LogP contribution >= 0.6 is 11.8 Å². The lowest BCUT2D eigenvalue weighted by atomic mass is 9.96. The van der Waals surface area contributed by atoms with Crippen LogP contribution in [0.4, 0.5) is 10.3 Å². The van der Waals surface area contributed by atoms with Crippen molar-refractivity contribution in [2.75, 3.05) is 19.0 Å². The van der Waals surface area contributed by atoms with E-state index in [2.05, 4.69) is 22.3 Å². The minimum Gasteiger partial charge on any atom is -0.494 e. The van der Waals surface area contributed by atoms with Gasteiger partial charge in [0.15, 0.2) is 0 Å². The van der Waals surface area contributed by atoms with E-state index in [9.17, 15) is 9.18 Å². The Morgan fingerprint density at radius 3 is 2.68 bits per heavy atom. The lowest BCUT2D eigenvalue weighted by molar-refractivity contribution is -0.136. The zero-order valence-electron chi connectivity index (χ0n) is 19.4. The lowest BCUT2D eigenvalue weighted by Crippen LogP contribution is -2.29. The van der Waals surface area contributed by atoms with Gasteiger partial charge in [-0.3, -0.25) is 0 Å². The molecule has 7 nitrogen and oxygen atoms in total. The summed E-state index contributed by atoms with van der Waals surface area (Å²) >= 11 is 1.33. The van der Waals surface area contributed by atoms with E-state index in [1.54, 1.807) is 22.9 Å². The number of benzene rings is 2. The van der Waals surface area contributed by atoms with Crippen LogP contribution in [0.5, 0.6) is 5.75 Å². The summed E-state index contributed by atoms with van der Waals surface area (Å²) in [4.78, 5) is 17.3. The number of halogens is 1. The number of ether oxygens (including phenoxy) is 2. The third kappa shape index (κ3) is 5.09. The number of fused-ring (bicyclic) bond motifs is 1. The molecule has 178 valence electrons. The third-order valence-corrected chi connectivity index (χ3v) is 6.40. The number of methoxy groups -OCH3 is 1. The zero-order valence-corrected chi connectivity index (χ0v) is 20.2. The molecule has 2 heterocycles. The standard InChI is InChI=1S/C25H27FN4O3S/c1-4-5-14-33-19-12-10-17(11-13-19)22-21(23(31)32-3)16(2)27-24-28-25(29-30(22)24)34-15-18-8-6-7-9-20(18)26/h6-13,22H,4-5,14-15H2,1-3H3,(H,27,28,29). The van der Waals surface area contributed by atoms with E-state index in [1.807, 2.05) is 31.2 Å². The van der Waals surface area contributed by atoms with E-state index >= 15 is 0 Å². The summed E-state index contributed by atoms with van der Waals surface area (Å²) in [6.07, 6.45) is 2.05. The molecule has 2 aromatic carbocycles. The highest BCUT2D eigenvalue weighted by atomic mass is 32.2. The average molecular weight is 483 g/mol. The molecule has 1 atom stereocenters. The molecule has 0 bridgehead atoms. The number of carbonyl (C=O) groups is 1. The van der Waals surface area contributed by atoms with Crippen molar-refractivity contribution in [3.63, 3.8) is 0 Å². The Morgan fingerprint density at radius 1 is 1.21 bits per heavy atom. The molecule has 0 spiro atoms. The Bertz CT molecular complexity index is 1190. The first-order valence-corrected chi connectivity index (χ1v) is 12.1. The number of esters is 1. The monoisotopic (exact) mass is 482 g/mol. The van der Waals surface area contributed by atoms with E-state index in [-0.39, 0.29) is 5.82 Å². The molecule has 1 N–H and O–H groups in total. The molecule has 0 fully saturated rings. The van der Waals surface area contributed by atoms with Crippen molar-refractivity contribution in [1.29, 1.82) is 0 Å². The summed E-state index contributed by atoms with van der Waals surface area (Å²) in [6, 6.07) is 13.7. The van der Waals surface area contributed by atoms with Gasteiger partial charge in [0.2, 0.25) is 11.1 Å². The van der Waals surface area contributed by atoms with Gasteiger partial charge < -0.3 is 14.8 Å². The predicted molar refractivity (Wildman–Crippen MR) is 129 cm³/mol. The fourth-order valence-corrected chi connectivity index (χ4v) is 4.53. The number of thioether (sulfide) groups is 1. The Morgan fingerprint density at radius 2 is 1.97 bits per heavy atom. The fourth-order valence-electron chi connectivity index (χ4n) is 3.71. The third-order valence-electron chi connectivity index (χ3n) is 5.52. The molecule has 1 unspecified atom stereocenters. The first kappa shape index (κ1) is 23.8. The van der Waals surface area contributed by atoms with E-state index in [1.165, 1.54) is 24.9 Å². The molecule has 4 rings (SSSR count). The number of carbonyl (C=O) groups excluding carboxylic acids is 1. The van der Waals surface area contributed by atoms with Crippen LogP contribution in [-0.4, -0.2) is 34.5 Å². The maximum Gasteiger partial charge on any atom is 0.338 e. The number of aromatic nitrogens is 3. The minimum absolute atomic E-state index is 0.262. The first-order valence-electron chi connectivity index (χ1n) is 11.1. The topological polar surface area (TPSA) is 78.3 Å². The fraction of sp³-hybridized carbons (Fsp3) is 0.320. The summed E-state index contributed by atoms with van der Waals surface area (Å²) in [5.41, 5.74) is 2.52. The number of hydrogen-bond acceptors (Lipinski definition) is 7. The van der Waals surface area contributed by atoms with Crippen LogP contribution in [0.1, 0.15) is 43.9 Å². The maximum absolute atomic E-state index is 14.0. The molecule has 1 aromatic heterocycles. The van der Waals surface area contributed by atoms with Gasteiger partial charge in [-0.05, 0) is 42.7 Å². The van der Waals surface area contributed by atoms with Gasteiger partial charge in [0, 0.05) is 11.4 Å². The average Bonchev–Trinajstić information content (AvgIpc) is 3.25. The Kier molecular flexibility index (Phi) is 7.52. The Labute approximate surface area is 202 Å². The van der Waals surface area contributed by atoms with Crippen molar-refractivity contribution in [3.8, 4) is 5.75 Å². The summed E-state index contributed by atoms with van der Waals surface area (Å²) in [5.74, 6) is 0.962. The van der Waals surface area contributed by atoms with Gasteiger partial charge in [-0.2, -0.15) is 4.98 Å². The van der Waals surface area contributed by atoms with Gasteiger partial charge in [0.25, 0.3) is 0 Å². The molecule has 9 heteroatoms. The van der Waals surface area contributed by atoms with E-state index in [4.69, 9.17) is 9.47 Å². The quantitative estimate of drug-likeness (QED) is 0.250. The smallest absolute Gasteiger partial charge is 0.338 e. The number of allylic oxidation sites excluding steroid dienone is 1. The van der Waals surface area contributed by atoms with Crippen molar-refractivity contribution in [2.45, 2.75) is 43.6 Å². The summed E-state index contributed by atoms with van der Waals surface area (Å²) in [6.45, 7) is 4.59. The van der Waals surface area contributed by atoms with Crippen LogP contribution in [0.2, 0.25) is 0 Å². The summed E-state index contributed by atoms with van der Waals surface area (Å²) < 4.78 is 26.5. The number of nitrogens with zero attached hydrogens (tertiary/aromatic N) is 3. The van der Waals surface area contributed by atoms with Gasteiger partial charge in [0.05, 0.1) is 19.3 Å². The molecular weight excluding hydrogens is 455 g/mol. The van der Waals surface area contributed by atoms with E-state index in [0.29, 0.717) is 40.3 Å².